The molecule has 0 spiro atoms. The van der Waals surface area contributed by atoms with Crippen LogP contribution in [-0.4, -0.2) is 46.9 Å². The van der Waals surface area contributed by atoms with Crippen LogP contribution in [-0.2, 0) is 6.54 Å². The van der Waals surface area contributed by atoms with E-state index in [1.54, 1.807) is 18.3 Å². The third-order valence-corrected chi connectivity index (χ3v) is 6.16. The van der Waals surface area contributed by atoms with Gasteiger partial charge in [0.1, 0.15) is 5.15 Å². The minimum absolute atomic E-state index is 0.00788. The van der Waals surface area contributed by atoms with Gasteiger partial charge in [-0.15, -0.1) is 0 Å². The summed E-state index contributed by atoms with van der Waals surface area (Å²) in [6, 6.07) is 18.0. The molecule has 6 heteroatoms. The van der Waals surface area contributed by atoms with Gasteiger partial charge in [-0.2, -0.15) is 0 Å². The van der Waals surface area contributed by atoms with Gasteiger partial charge in [-0.05, 0) is 47.4 Å². The lowest BCUT2D eigenvalue weighted by Crippen LogP contribution is -2.48. The van der Waals surface area contributed by atoms with Crippen LogP contribution < -0.4 is 0 Å². The Labute approximate surface area is 187 Å². The van der Waals surface area contributed by atoms with Crippen molar-refractivity contribution in [3.8, 4) is 11.1 Å². The minimum atomic E-state index is 0.00788. The number of carbonyl (C=O) groups excluding carboxylic acids is 1. The van der Waals surface area contributed by atoms with Gasteiger partial charge in [-0.25, -0.2) is 4.98 Å². The summed E-state index contributed by atoms with van der Waals surface area (Å²) in [4.78, 5) is 21.0. The maximum Gasteiger partial charge on any atom is 0.255 e. The molecular weight excluding hydrogens is 417 g/mol. The molecule has 154 valence electrons. The SMILES string of the molecule is Cc1ccc(-c2ccccc2CN2CCN(C(=O)c3ccc(Cl)nc3)CC2)cc1Cl. The maximum absolute atomic E-state index is 12.7. The summed E-state index contributed by atoms with van der Waals surface area (Å²) in [6.45, 7) is 5.90. The van der Waals surface area contributed by atoms with E-state index in [-0.39, 0.29) is 5.91 Å². The normalized spacial score (nSPS) is 14.7. The number of aromatic nitrogens is 1. The number of aryl methyl sites for hydroxylation is 1. The van der Waals surface area contributed by atoms with Crippen LogP contribution in [0.2, 0.25) is 10.2 Å². The van der Waals surface area contributed by atoms with Crippen molar-refractivity contribution in [2.45, 2.75) is 13.5 Å². The van der Waals surface area contributed by atoms with E-state index < -0.39 is 0 Å². The van der Waals surface area contributed by atoms with E-state index in [2.05, 4.69) is 46.3 Å². The van der Waals surface area contributed by atoms with E-state index >= 15 is 0 Å². The molecule has 1 aliphatic heterocycles. The zero-order valence-corrected chi connectivity index (χ0v) is 18.3. The van der Waals surface area contributed by atoms with Crippen molar-refractivity contribution in [1.29, 1.82) is 0 Å². The fourth-order valence-corrected chi connectivity index (χ4v) is 4.03. The zero-order chi connectivity index (χ0) is 21.1. The molecule has 30 heavy (non-hydrogen) atoms. The van der Waals surface area contributed by atoms with Crippen LogP contribution in [0.1, 0.15) is 21.5 Å². The molecule has 1 amide bonds. The zero-order valence-electron chi connectivity index (χ0n) is 16.8. The average Bonchev–Trinajstić information content (AvgIpc) is 2.77. The molecule has 0 radical (unpaired) electrons. The molecule has 0 N–H and O–H groups in total. The number of benzene rings is 2. The third-order valence-electron chi connectivity index (χ3n) is 5.53. The van der Waals surface area contributed by atoms with Gasteiger partial charge in [0.25, 0.3) is 5.91 Å². The van der Waals surface area contributed by atoms with Crippen LogP contribution in [0.5, 0.6) is 0 Å². The third kappa shape index (κ3) is 4.67. The molecule has 4 rings (SSSR count). The highest BCUT2D eigenvalue weighted by Crippen LogP contribution is 2.29. The average molecular weight is 440 g/mol. The van der Waals surface area contributed by atoms with E-state index in [0.717, 1.165) is 35.8 Å². The van der Waals surface area contributed by atoms with Crippen molar-refractivity contribution in [3.63, 3.8) is 0 Å². The van der Waals surface area contributed by atoms with Gasteiger partial charge in [0.05, 0.1) is 5.56 Å². The molecule has 4 nitrogen and oxygen atoms in total. The Hall–Kier alpha value is -2.40. The van der Waals surface area contributed by atoms with Gasteiger partial charge in [-0.3, -0.25) is 9.69 Å². The first-order valence-corrected chi connectivity index (χ1v) is 10.7. The molecule has 0 unspecified atom stereocenters. The Morgan fingerprint density at radius 1 is 1.00 bits per heavy atom. The highest BCUT2D eigenvalue weighted by molar-refractivity contribution is 6.31. The molecule has 2 aromatic carbocycles. The predicted molar refractivity (Wildman–Crippen MR) is 122 cm³/mol. The van der Waals surface area contributed by atoms with Crippen LogP contribution in [0, 0.1) is 6.92 Å². The smallest absolute Gasteiger partial charge is 0.255 e. The number of piperazine rings is 1. The molecule has 0 aliphatic carbocycles. The number of nitrogens with zero attached hydrogens (tertiary/aromatic N) is 3. The summed E-state index contributed by atoms with van der Waals surface area (Å²) in [5.41, 5.74) is 5.25. The Balaban J connectivity index is 1.43. The van der Waals surface area contributed by atoms with Crippen LogP contribution in [0.4, 0.5) is 0 Å². The molecule has 2 heterocycles. The summed E-state index contributed by atoms with van der Waals surface area (Å²) in [5, 5.41) is 1.18. The lowest BCUT2D eigenvalue weighted by Gasteiger charge is -2.35. The van der Waals surface area contributed by atoms with Gasteiger partial charge in [0, 0.05) is 43.9 Å². The first kappa shape index (κ1) is 20.9. The number of amides is 1. The fourth-order valence-electron chi connectivity index (χ4n) is 3.74. The molecule has 1 fully saturated rings. The number of pyridine rings is 1. The molecule has 0 bridgehead atoms. The monoisotopic (exact) mass is 439 g/mol. The lowest BCUT2D eigenvalue weighted by molar-refractivity contribution is 0.0628. The molecule has 0 saturated carbocycles. The number of halogens is 2. The van der Waals surface area contributed by atoms with E-state index in [1.807, 2.05) is 17.9 Å². The Kier molecular flexibility index (Phi) is 6.38. The van der Waals surface area contributed by atoms with Gasteiger partial charge < -0.3 is 4.90 Å². The summed E-state index contributed by atoms with van der Waals surface area (Å²) < 4.78 is 0. The highest BCUT2D eigenvalue weighted by atomic mass is 35.5. The first-order chi connectivity index (χ1) is 14.5. The van der Waals surface area contributed by atoms with E-state index in [9.17, 15) is 4.79 Å². The van der Waals surface area contributed by atoms with Crippen LogP contribution in [0.15, 0.2) is 60.8 Å². The summed E-state index contributed by atoms with van der Waals surface area (Å²) in [6.07, 6.45) is 1.54. The summed E-state index contributed by atoms with van der Waals surface area (Å²) in [7, 11) is 0. The Bertz CT molecular complexity index is 1040. The van der Waals surface area contributed by atoms with E-state index in [4.69, 9.17) is 23.2 Å². The van der Waals surface area contributed by atoms with Crippen molar-refractivity contribution in [1.82, 2.24) is 14.8 Å². The summed E-state index contributed by atoms with van der Waals surface area (Å²) >= 11 is 12.2. The molecular formula is C24H23Cl2N3O. The molecule has 3 aromatic rings. The second kappa shape index (κ2) is 9.17. The van der Waals surface area contributed by atoms with Crippen LogP contribution >= 0.6 is 23.2 Å². The largest absolute Gasteiger partial charge is 0.336 e. The predicted octanol–water partition coefficient (Wildman–Crippen LogP) is 5.32. The lowest BCUT2D eigenvalue weighted by atomic mass is 9.98. The molecule has 1 saturated heterocycles. The second-order valence-corrected chi connectivity index (χ2v) is 8.35. The molecule has 1 aliphatic rings. The standard InChI is InChI=1S/C24H23Cl2N3O/c1-17-6-7-18(14-22(17)25)21-5-3-2-4-20(21)16-28-10-12-29(13-11-28)24(30)19-8-9-23(26)27-15-19/h2-9,14-15H,10-13,16H2,1H3. The number of carbonyl (C=O) groups is 1. The van der Waals surface area contributed by atoms with Crippen molar-refractivity contribution in [3.05, 3.63) is 87.7 Å². The Morgan fingerprint density at radius 2 is 1.77 bits per heavy atom. The topological polar surface area (TPSA) is 36.4 Å². The minimum Gasteiger partial charge on any atom is -0.336 e. The van der Waals surface area contributed by atoms with Crippen molar-refractivity contribution in [2.75, 3.05) is 26.2 Å². The number of hydrogen-bond donors (Lipinski definition) is 0. The van der Waals surface area contributed by atoms with Gasteiger partial charge in [0.2, 0.25) is 0 Å². The number of rotatable bonds is 4. The second-order valence-electron chi connectivity index (χ2n) is 7.56. The van der Waals surface area contributed by atoms with Gasteiger partial charge in [0.15, 0.2) is 0 Å². The number of hydrogen-bond acceptors (Lipinski definition) is 3. The van der Waals surface area contributed by atoms with E-state index in [1.165, 1.54) is 11.1 Å². The van der Waals surface area contributed by atoms with Crippen LogP contribution in [0.25, 0.3) is 11.1 Å². The van der Waals surface area contributed by atoms with Crippen molar-refractivity contribution in [2.24, 2.45) is 0 Å². The first-order valence-electron chi connectivity index (χ1n) is 9.99. The quantitative estimate of drug-likeness (QED) is 0.515. The molecule has 0 atom stereocenters. The van der Waals surface area contributed by atoms with E-state index in [0.29, 0.717) is 23.8 Å². The Morgan fingerprint density at radius 3 is 2.47 bits per heavy atom. The van der Waals surface area contributed by atoms with Gasteiger partial charge >= 0.3 is 0 Å². The van der Waals surface area contributed by atoms with Crippen molar-refractivity contribution >= 4 is 29.1 Å². The fraction of sp³-hybridized carbons (Fsp3) is 0.250. The summed E-state index contributed by atoms with van der Waals surface area (Å²) in [5.74, 6) is 0.00788. The molecule has 1 aromatic heterocycles. The highest BCUT2D eigenvalue weighted by Gasteiger charge is 2.23. The van der Waals surface area contributed by atoms with Crippen molar-refractivity contribution < 1.29 is 4.79 Å². The van der Waals surface area contributed by atoms with Gasteiger partial charge in [-0.1, -0.05) is 59.6 Å². The van der Waals surface area contributed by atoms with Crippen LogP contribution in [0.3, 0.4) is 0 Å². The maximum atomic E-state index is 12.7.